The fourth-order valence-corrected chi connectivity index (χ4v) is 0. The zero-order chi connectivity index (χ0) is 21.5. The summed E-state index contributed by atoms with van der Waals surface area (Å²) < 4.78 is 0. The summed E-state index contributed by atoms with van der Waals surface area (Å²) >= 11 is 0. The molecule has 0 aliphatic rings. The van der Waals surface area contributed by atoms with E-state index in [9.17, 15) is 0 Å². The van der Waals surface area contributed by atoms with E-state index in [0.29, 0.717) is 0 Å². The van der Waals surface area contributed by atoms with Crippen LogP contribution in [0.4, 0.5) is 0 Å². The van der Waals surface area contributed by atoms with Crippen LogP contribution in [0.25, 0.3) is 0 Å². The molecule has 0 unspecified atom stereocenters. The molecule has 0 spiro atoms. The molecule has 0 amide bonds. The molecule has 24 nitrogen and oxygen atoms in total. The molecule has 0 saturated carbocycles. The Morgan fingerprint density at radius 2 is 0.308 bits per heavy atom. The number of hydrogen-bond donors (Lipinski definition) is 0. The Balaban J connectivity index is -0.0000000245. The monoisotopic (exact) mass is 533 g/mol. The second kappa shape index (κ2) is 43.0. The van der Waals surface area contributed by atoms with Crippen molar-refractivity contribution in [2.45, 2.75) is 0 Å². The van der Waals surface area contributed by atoms with Crippen LogP contribution in [0.1, 0.15) is 0 Å². The van der Waals surface area contributed by atoms with Gasteiger partial charge in [-0.1, -0.05) is 0 Å². The van der Waals surface area contributed by atoms with Crippen LogP contribution in [0.5, 0.6) is 0 Å². The van der Waals surface area contributed by atoms with Gasteiger partial charge in [0.15, 0.2) is 0 Å². The van der Waals surface area contributed by atoms with Crippen molar-refractivity contribution in [2.24, 2.45) is 0 Å². The van der Waals surface area contributed by atoms with Gasteiger partial charge in [-0.05, 0) is 0 Å². The number of nitrogens with zero attached hydrogens (tertiary/aromatic N) is 6. The van der Waals surface area contributed by atoms with Crippen LogP contribution in [0, 0.1) is 91.9 Å². The summed E-state index contributed by atoms with van der Waals surface area (Å²) in [5, 5.41) is 88.5. The Morgan fingerprint density at radius 3 is 0.308 bits per heavy atom. The first kappa shape index (κ1) is 49.5. The molecule has 0 aromatic heterocycles. The molecule has 0 aromatic carbocycles. The molecule has 0 heterocycles. The third kappa shape index (κ3) is 596. The van der Waals surface area contributed by atoms with Gasteiger partial charge in [0.25, 0.3) is 0 Å². The van der Waals surface area contributed by atoms with Gasteiger partial charge in [0.2, 0.25) is 0 Å². The molecule has 26 heteroatoms. The third-order valence-corrected chi connectivity index (χ3v) is 0. The predicted octanol–water partition coefficient (Wildman–Crippen LogP) is -1.44. The molecule has 155 valence electrons. The zero-order valence-corrected chi connectivity index (χ0v) is 13.7. The van der Waals surface area contributed by atoms with Crippen molar-refractivity contribution in [3.8, 4) is 0 Å². The van der Waals surface area contributed by atoms with E-state index in [1.54, 1.807) is 0 Å². The van der Waals surface area contributed by atoms with Crippen molar-refractivity contribution in [1.29, 1.82) is 0 Å². The summed E-state index contributed by atoms with van der Waals surface area (Å²) in [7, 11) is 0. The molecular weight excluding hydrogens is 532 g/mol. The normalized spacial score (nSPS) is 5.54. The molecule has 26 heavy (non-hydrogen) atoms. The maximum atomic E-state index is 8.25. The number of hydrogen-bond acceptors (Lipinski definition) is 18. The Bertz CT molecular complexity index is 263. The maximum Gasteiger partial charge on any atom is 4.00 e. The van der Waals surface area contributed by atoms with E-state index in [0.717, 1.165) is 0 Å². The predicted molar refractivity (Wildman–Crippen MR) is 62.2 cm³/mol. The molecular formula is CuMoN6O18. The van der Waals surface area contributed by atoms with Gasteiger partial charge in [-0.2, -0.15) is 0 Å². The summed E-state index contributed by atoms with van der Waals surface area (Å²) in [4.78, 5) is 49.5. The van der Waals surface area contributed by atoms with E-state index >= 15 is 0 Å². The second-order valence-electron chi connectivity index (χ2n) is 1.34. The van der Waals surface area contributed by atoms with E-state index < -0.39 is 30.5 Å². The minimum absolute atomic E-state index is 0. The largest absolute Gasteiger partial charge is 4.00 e. The van der Waals surface area contributed by atoms with E-state index in [1.165, 1.54) is 0 Å². The van der Waals surface area contributed by atoms with Crippen LogP contribution in [-0.4, -0.2) is 30.5 Å². The first-order valence-corrected chi connectivity index (χ1v) is 3.29. The van der Waals surface area contributed by atoms with Gasteiger partial charge in [0.1, 0.15) is 0 Å². The molecule has 0 saturated heterocycles. The third-order valence-electron chi connectivity index (χ3n) is 0. The van der Waals surface area contributed by atoms with Gasteiger partial charge in [-0.15, -0.1) is 0 Å². The summed E-state index contributed by atoms with van der Waals surface area (Å²) in [5.74, 6) is 0. The average molecular weight is 532 g/mol. The molecule has 1 radical (unpaired) electrons. The summed E-state index contributed by atoms with van der Waals surface area (Å²) in [6, 6.07) is 0. The van der Waals surface area contributed by atoms with Gasteiger partial charge < -0.3 is 91.9 Å². The van der Waals surface area contributed by atoms with Gasteiger partial charge in [0.05, 0.1) is 30.5 Å². The van der Waals surface area contributed by atoms with E-state index in [-0.39, 0.29) is 38.1 Å². The van der Waals surface area contributed by atoms with E-state index in [1.807, 2.05) is 0 Å². The molecule has 0 fully saturated rings. The van der Waals surface area contributed by atoms with Crippen molar-refractivity contribution in [1.82, 2.24) is 0 Å². The van der Waals surface area contributed by atoms with Crippen LogP contribution < -0.4 is 0 Å². The smallest absolute Gasteiger partial charge is 0.356 e. The van der Waals surface area contributed by atoms with Crippen LogP contribution in [-0.2, 0) is 38.1 Å². The van der Waals surface area contributed by atoms with E-state index in [2.05, 4.69) is 0 Å². The first-order valence-electron chi connectivity index (χ1n) is 3.29. The maximum absolute atomic E-state index is 8.25. The molecule has 0 aliphatic carbocycles. The molecule has 0 aliphatic heterocycles. The van der Waals surface area contributed by atoms with Crippen LogP contribution in [0.3, 0.4) is 0 Å². The van der Waals surface area contributed by atoms with Crippen LogP contribution in [0.15, 0.2) is 0 Å². The molecule has 0 atom stereocenters. The molecule has 0 rings (SSSR count). The minimum Gasteiger partial charge on any atom is -0.356 e. The quantitative estimate of drug-likeness (QED) is 0.196. The average Bonchev–Trinajstić information content (AvgIpc) is 2.08. The van der Waals surface area contributed by atoms with Crippen LogP contribution >= 0.6 is 0 Å². The van der Waals surface area contributed by atoms with Gasteiger partial charge in [-0.3, -0.25) is 0 Å². The standard InChI is InChI=1S/Cu.Mo.6NO3/c;;6*2-1(3)4/q+2;+4;6*-1. The Morgan fingerprint density at radius 1 is 0.308 bits per heavy atom. The van der Waals surface area contributed by atoms with Crippen LogP contribution in [0.2, 0.25) is 0 Å². The summed E-state index contributed by atoms with van der Waals surface area (Å²) in [6.45, 7) is 0. The molecule has 0 N–H and O–H groups in total. The van der Waals surface area contributed by atoms with Crippen molar-refractivity contribution in [2.75, 3.05) is 0 Å². The zero-order valence-electron chi connectivity index (χ0n) is 10.7. The van der Waals surface area contributed by atoms with Crippen molar-refractivity contribution < 1.29 is 68.7 Å². The molecule has 0 aromatic rings. The fraction of sp³-hybridized carbons (Fsp3) is 0. The summed E-state index contributed by atoms with van der Waals surface area (Å²) in [6.07, 6.45) is 0. The number of rotatable bonds is 0. The van der Waals surface area contributed by atoms with Gasteiger partial charge >= 0.3 is 38.1 Å². The second-order valence-corrected chi connectivity index (χ2v) is 1.34. The Kier molecular flexibility index (Phi) is 81.7. The SMILES string of the molecule is O=[N+]([O-])[O-].O=[N+]([O-])[O-].O=[N+]([O-])[O-].O=[N+]([O-])[O-].O=[N+]([O-])[O-].O=[N+]([O-])[O-].[Cu+2].[Mo+4]. The fourth-order valence-electron chi connectivity index (χ4n) is 0. The summed E-state index contributed by atoms with van der Waals surface area (Å²) in [5.41, 5.74) is 0. The van der Waals surface area contributed by atoms with Gasteiger partial charge in [0, 0.05) is 0 Å². The minimum atomic E-state index is -1.75. The first-order chi connectivity index (χ1) is 10.4. The van der Waals surface area contributed by atoms with Crippen molar-refractivity contribution >= 4 is 0 Å². The topological polar surface area (TPSA) is 397 Å². The molecule has 0 bridgehead atoms. The van der Waals surface area contributed by atoms with E-state index in [4.69, 9.17) is 91.9 Å². The van der Waals surface area contributed by atoms with Crippen molar-refractivity contribution in [3.05, 3.63) is 91.9 Å². The van der Waals surface area contributed by atoms with Crippen molar-refractivity contribution in [3.63, 3.8) is 0 Å². The Hall–Kier alpha value is -3.59. The Labute approximate surface area is 161 Å². The van der Waals surface area contributed by atoms with Gasteiger partial charge in [-0.25, -0.2) is 0 Å².